The molecule has 2 heterocycles. The number of rotatable bonds is 2. The van der Waals surface area contributed by atoms with Crippen LogP contribution in [0.1, 0.15) is 30.5 Å². The average molecular weight is 259 g/mol. The first-order valence-corrected chi connectivity index (χ1v) is 6.71. The summed E-state index contributed by atoms with van der Waals surface area (Å²) in [4.78, 5) is 29.2. The molecule has 5 heteroatoms. The summed E-state index contributed by atoms with van der Waals surface area (Å²) in [5.74, 6) is 0.463. The van der Waals surface area contributed by atoms with E-state index in [0.29, 0.717) is 12.8 Å². The summed E-state index contributed by atoms with van der Waals surface area (Å²) in [6.07, 6.45) is 4.22. The maximum atomic E-state index is 12.0. The van der Waals surface area contributed by atoms with Crippen LogP contribution in [-0.4, -0.2) is 34.8 Å². The third-order valence-corrected chi connectivity index (χ3v) is 3.90. The number of carbonyl (C=O) groups is 2. The van der Waals surface area contributed by atoms with Crippen LogP contribution >= 0.6 is 0 Å². The molecule has 0 aromatic carbocycles. The zero-order chi connectivity index (χ0) is 13.4. The number of nitrogens with zero attached hydrogens (tertiary/aromatic N) is 2. The van der Waals surface area contributed by atoms with Crippen molar-refractivity contribution >= 4 is 17.6 Å². The van der Waals surface area contributed by atoms with Gasteiger partial charge in [-0.3, -0.25) is 14.5 Å². The molecule has 1 N–H and O–H groups in total. The van der Waals surface area contributed by atoms with E-state index in [4.69, 9.17) is 0 Å². The zero-order valence-electron chi connectivity index (χ0n) is 11.0. The molecule has 0 saturated carbocycles. The third kappa shape index (κ3) is 2.20. The molecule has 1 saturated heterocycles. The Balaban J connectivity index is 1.75. The predicted octanol–water partition coefficient (Wildman–Crippen LogP) is 1.13. The van der Waals surface area contributed by atoms with Crippen molar-refractivity contribution in [2.45, 2.75) is 38.1 Å². The Morgan fingerprint density at radius 3 is 2.95 bits per heavy atom. The molecule has 0 radical (unpaired) electrons. The number of imide groups is 1. The van der Waals surface area contributed by atoms with Crippen LogP contribution in [0.4, 0.5) is 5.82 Å². The second-order valence-corrected chi connectivity index (χ2v) is 5.18. The topological polar surface area (TPSA) is 62.3 Å². The van der Waals surface area contributed by atoms with Crippen LogP contribution in [0.3, 0.4) is 0 Å². The minimum Gasteiger partial charge on any atom is -0.358 e. The van der Waals surface area contributed by atoms with Crippen molar-refractivity contribution < 1.29 is 9.59 Å². The summed E-state index contributed by atoms with van der Waals surface area (Å²) < 4.78 is 0. The molecule has 1 unspecified atom stereocenters. The number of anilines is 1. The molecule has 100 valence electrons. The van der Waals surface area contributed by atoms with E-state index >= 15 is 0 Å². The molecule has 2 amide bonds. The third-order valence-electron chi connectivity index (χ3n) is 3.90. The molecule has 5 nitrogen and oxygen atoms in total. The molecule has 0 spiro atoms. The molecule has 1 aliphatic carbocycles. The van der Waals surface area contributed by atoms with Gasteiger partial charge in [0.15, 0.2) is 0 Å². The second-order valence-electron chi connectivity index (χ2n) is 5.18. The van der Waals surface area contributed by atoms with E-state index in [1.165, 1.54) is 17.5 Å². The van der Waals surface area contributed by atoms with E-state index in [9.17, 15) is 9.59 Å². The van der Waals surface area contributed by atoms with Crippen LogP contribution in [0.25, 0.3) is 0 Å². The Morgan fingerprint density at radius 1 is 1.26 bits per heavy atom. The number of hydrogen-bond donors (Lipinski definition) is 1. The fraction of sp³-hybridized carbons (Fsp3) is 0.500. The van der Waals surface area contributed by atoms with Crippen LogP contribution in [0.15, 0.2) is 12.1 Å². The maximum absolute atomic E-state index is 12.0. The first-order valence-electron chi connectivity index (χ1n) is 6.71. The molecule has 2 aliphatic rings. The number of nitrogens with one attached hydrogen (secondary N) is 1. The smallest absolute Gasteiger partial charge is 0.251 e. The molecular weight excluding hydrogens is 242 g/mol. The largest absolute Gasteiger partial charge is 0.358 e. The molecule has 1 aromatic rings. The van der Waals surface area contributed by atoms with Crippen molar-refractivity contribution in [2.24, 2.45) is 0 Å². The number of likely N-dealkylation sites (tertiary alicyclic amines) is 1. The van der Waals surface area contributed by atoms with Crippen molar-refractivity contribution in [3.63, 3.8) is 0 Å². The van der Waals surface area contributed by atoms with Crippen LogP contribution in [-0.2, 0) is 22.4 Å². The molecule has 19 heavy (non-hydrogen) atoms. The Bertz CT molecular complexity index is 541. The van der Waals surface area contributed by atoms with Gasteiger partial charge in [0, 0.05) is 19.2 Å². The minimum atomic E-state index is -0.338. The maximum Gasteiger partial charge on any atom is 0.251 e. The molecule has 0 bridgehead atoms. The lowest BCUT2D eigenvalue weighted by Gasteiger charge is -2.28. The summed E-state index contributed by atoms with van der Waals surface area (Å²) in [5.41, 5.74) is 2.45. The number of likely N-dealkylation sites (N-methyl/N-ethyl adjacent to an activating group) is 1. The molecule has 1 fully saturated rings. The summed E-state index contributed by atoms with van der Waals surface area (Å²) in [5, 5.41) is 3.16. The molecule has 1 aliphatic heterocycles. The highest BCUT2D eigenvalue weighted by Crippen LogP contribution is 2.23. The minimum absolute atomic E-state index is 0.107. The summed E-state index contributed by atoms with van der Waals surface area (Å²) in [6.45, 7) is 0. The number of carbonyl (C=O) groups excluding carboxylic acids is 2. The molecular formula is C14H17N3O2. The van der Waals surface area contributed by atoms with Crippen molar-refractivity contribution in [3.05, 3.63) is 23.4 Å². The Hall–Kier alpha value is -1.91. The van der Waals surface area contributed by atoms with Gasteiger partial charge in [-0.2, -0.15) is 0 Å². The monoisotopic (exact) mass is 259 g/mol. The second kappa shape index (κ2) is 4.64. The normalized spacial score (nSPS) is 22.6. The van der Waals surface area contributed by atoms with Gasteiger partial charge in [-0.15, -0.1) is 0 Å². The zero-order valence-corrected chi connectivity index (χ0v) is 11.0. The lowest BCUT2D eigenvalue weighted by Crippen LogP contribution is -2.48. The lowest BCUT2D eigenvalue weighted by atomic mass is 10.0. The van der Waals surface area contributed by atoms with Gasteiger partial charge in [-0.25, -0.2) is 4.98 Å². The SMILES string of the molecule is CN1C(=O)CCC(Nc2ccc3c(n2)CCC3)C1=O. The Kier molecular flexibility index (Phi) is 2.97. The highest BCUT2D eigenvalue weighted by atomic mass is 16.2. The first kappa shape index (κ1) is 12.1. The lowest BCUT2D eigenvalue weighted by molar-refractivity contribution is -0.146. The molecule has 3 rings (SSSR count). The Morgan fingerprint density at radius 2 is 2.11 bits per heavy atom. The summed E-state index contributed by atoms with van der Waals surface area (Å²) in [7, 11) is 1.54. The van der Waals surface area contributed by atoms with Gasteiger partial charge in [0.25, 0.3) is 5.91 Å². The van der Waals surface area contributed by atoms with Crippen LogP contribution < -0.4 is 5.32 Å². The number of pyridine rings is 1. The summed E-state index contributed by atoms with van der Waals surface area (Å²) in [6, 6.07) is 3.67. The number of hydrogen-bond acceptors (Lipinski definition) is 4. The van der Waals surface area contributed by atoms with Crippen molar-refractivity contribution in [1.82, 2.24) is 9.88 Å². The number of fused-ring (bicyclic) bond motifs is 1. The number of aryl methyl sites for hydroxylation is 2. The van der Waals surface area contributed by atoms with E-state index in [0.717, 1.165) is 30.8 Å². The highest BCUT2D eigenvalue weighted by Gasteiger charge is 2.31. The predicted molar refractivity (Wildman–Crippen MR) is 70.7 cm³/mol. The van der Waals surface area contributed by atoms with Crippen LogP contribution in [0.5, 0.6) is 0 Å². The number of piperidine rings is 1. The standard InChI is InChI=1S/C14H17N3O2/c1-17-13(18)8-6-11(14(17)19)16-12-7-5-9-3-2-4-10(9)15-12/h5,7,11H,2-4,6,8H2,1H3,(H,15,16). The van der Waals surface area contributed by atoms with Crippen molar-refractivity contribution in [3.8, 4) is 0 Å². The van der Waals surface area contributed by atoms with Gasteiger partial charge in [-0.1, -0.05) is 6.07 Å². The number of amides is 2. The highest BCUT2D eigenvalue weighted by molar-refractivity contribution is 6.01. The number of aromatic nitrogens is 1. The van der Waals surface area contributed by atoms with Gasteiger partial charge in [-0.05, 0) is 37.3 Å². The average Bonchev–Trinajstić information content (AvgIpc) is 2.87. The quantitative estimate of drug-likeness (QED) is 0.809. The summed E-state index contributed by atoms with van der Waals surface area (Å²) >= 11 is 0. The van der Waals surface area contributed by atoms with E-state index in [1.54, 1.807) is 0 Å². The van der Waals surface area contributed by atoms with Gasteiger partial charge in [0.2, 0.25) is 5.91 Å². The van der Waals surface area contributed by atoms with Gasteiger partial charge in [0.05, 0.1) is 0 Å². The molecule has 1 aromatic heterocycles. The van der Waals surface area contributed by atoms with E-state index in [2.05, 4.69) is 16.4 Å². The van der Waals surface area contributed by atoms with E-state index in [-0.39, 0.29) is 17.9 Å². The van der Waals surface area contributed by atoms with E-state index < -0.39 is 0 Å². The fourth-order valence-electron chi connectivity index (χ4n) is 2.73. The van der Waals surface area contributed by atoms with Gasteiger partial charge >= 0.3 is 0 Å². The van der Waals surface area contributed by atoms with Gasteiger partial charge in [0.1, 0.15) is 11.9 Å². The van der Waals surface area contributed by atoms with Crippen molar-refractivity contribution in [2.75, 3.05) is 12.4 Å². The van der Waals surface area contributed by atoms with Crippen LogP contribution in [0, 0.1) is 0 Å². The van der Waals surface area contributed by atoms with Crippen molar-refractivity contribution in [1.29, 1.82) is 0 Å². The fourth-order valence-corrected chi connectivity index (χ4v) is 2.73. The van der Waals surface area contributed by atoms with Gasteiger partial charge < -0.3 is 5.32 Å². The first-order chi connectivity index (χ1) is 9.15. The van der Waals surface area contributed by atoms with E-state index in [1.807, 2.05) is 6.07 Å². The molecule has 1 atom stereocenters. The van der Waals surface area contributed by atoms with Crippen LogP contribution in [0.2, 0.25) is 0 Å². The Labute approximate surface area is 112 Å².